The summed E-state index contributed by atoms with van der Waals surface area (Å²) in [6.07, 6.45) is -82.6. The molecule has 0 saturated carbocycles. The molecule has 1 unspecified atom stereocenters. The fraction of sp³-hybridized carbons (Fsp3) is 1.00. The standard InChI is InChI=1S/C48H80O40/c49-1-9-17(56)18(57)26(65)41(74-9)73-8-16-40-25(64)33(72)48(81-16)87-39-15(7-55)79-46(31(70)23(39)62)85-37-13(5-53)77-44(29(68)21(37)60)83-35-11(3-51)75-42(27(66)19(35)58)82-34-10(2-50)76-43(28(67)20(34)59)84-36-12(4-52)78-45(30(69)22(36)61)86-38-14(6-54)80-47(88-40)32(71)24(38)63/h9-72H,1-8H2/t9-,10-,11-,12-,13-,14-,15-,16-,17-,18+,19-,20-,21-,22-,23-,24-,25-,26-,27-,28-,29-,30-,31-,32-,33-,34-,35-,36-,37-,38-,39-,40-,41?,42-,43-,44-,45-,46-,47-,48-/m1/s1. The van der Waals surface area contributed by atoms with E-state index in [0.717, 1.165) is 0 Å². The predicted octanol–water partition coefficient (Wildman–Crippen LogP) is -17.4. The molecule has 0 amide bonds. The molecule has 88 heavy (non-hydrogen) atoms. The second kappa shape index (κ2) is 30.0. The fourth-order valence-corrected chi connectivity index (χ4v) is 11.8. The molecule has 22 fully saturated rings. The highest BCUT2D eigenvalue weighted by Crippen LogP contribution is 2.39. The first kappa shape index (κ1) is 70.7. The number of ether oxygens (including phenoxy) is 16. The Morgan fingerprint density at radius 3 is 0.580 bits per heavy atom. The van der Waals surface area contributed by atoms with Gasteiger partial charge in [0.05, 0.1) is 52.9 Å². The van der Waals surface area contributed by atoms with Gasteiger partial charge in [-0.15, -0.1) is 0 Å². The highest BCUT2D eigenvalue weighted by molar-refractivity contribution is 5.02. The minimum absolute atomic E-state index is 0.919. The van der Waals surface area contributed by atoms with Crippen molar-refractivity contribution in [2.75, 3.05) is 52.9 Å². The smallest absolute Gasteiger partial charge is 0.187 e. The molecule has 40 nitrogen and oxygen atoms in total. The van der Waals surface area contributed by atoms with E-state index in [4.69, 9.17) is 75.8 Å². The van der Waals surface area contributed by atoms with Crippen molar-refractivity contribution in [3.05, 3.63) is 0 Å². The van der Waals surface area contributed by atoms with Crippen molar-refractivity contribution in [2.24, 2.45) is 0 Å². The van der Waals surface area contributed by atoms with Crippen LogP contribution in [0, 0.1) is 0 Å². The number of rotatable bonds is 10. The largest absolute Gasteiger partial charge is 0.394 e. The molecule has 40 heteroatoms. The van der Waals surface area contributed by atoms with E-state index in [1.807, 2.05) is 0 Å². The average molecular weight is 1300 g/mol. The molecule has 0 radical (unpaired) electrons. The van der Waals surface area contributed by atoms with Crippen LogP contribution in [0.5, 0.6) is 0 Å². The maximum Gasteiger partial charge on any atom is 0.187 e. The topological polar surface area (TPSA) is 633 Å². The van der Waals surface area contributed by atoms with Gasteiger partial charge in [-0.3, -0.25) is 0 Å². The van der Waals surface area contributed by atoms with Gasteiger partial charge < -0.3 is 198 Å². The maximum absolute atomic E-state index is 11.8. The van der Waals surface area contributed by atoms with Crippen molar-refractivity contribution in [3.63, 3.8) is 0 Å². The molecule has 0 aromatic carbocycles. The lowest BCUT2D eigenvalue weighted by molar-refractivity contribution is -0.399. The Kier molecular flexibility index (Phi) is 24.1. The van der Waals surface area contributed by atoms with Crippen LogP contribution in [0.2, 0.25) is 0 Å². The van der Waals surface area contributed by atoms with Crippen molar-refractivity contribution in [1.82, 2.24) is 0 Å². The van der Waals surface area contributed by atoms with Crippen molar-refractivity contribution in [2.45, 2.75) is 246 Å². The van der Waals surface area contributed by atoms with Gasteiger partial charge in [0.2, 0.25) is 0 Å². The molecule has 22 saturated heterocycles. The van der Waals surface area contributed by atoms with Crippen LogP contribution in [0.4, 0.5) is 0 Å². The van der Waals surface area contributed by atoms with E-state index >= 15 is 0 Å². The van der Waals surface area contributed by atoms with Gasteiger partial charge >= 0.3 is 0 Å². The third kappa shape index (κ3) is 13.9. The lowest BCUT2D eigenvalue weighted by atomic mass is 9.95. The second-order valence-corrected chi connectivity index (χ2v) is 22.5. The molecule has 22 heterocycles. The first-order valence-electron chi connectivity index (χ1n) is 28.1. The normalized spacial score (nSPS) is 55.2. The second-order valence-electron chi connectivity index (χ2n) is 22.5. The summed E-state index contributed by atoms with van der Waals surface area (Å²) < 4.78 is 91.6. The van der Waals surface area contributed by atoms with Gasteiger partial charge in [0.1, 0.15) is 195 Å². The molecule has 22 aliphatic heterocycles. The minimum Gasteiger partial charge on any atom is -0.394 e. The Bertz CT molecular complexity index is 2130. The molecule has 22 rings (SSSR count). The van der Waals surface area contributed by atoms with E-state index in [2.05, 4.69) is 0 Å². The van der Waals surface area contributed by atoms with Crippen LogP contribution in [-0.4, -0.2) is 421 Å². The van der Waals surface area contributed by atoms with Gasteiger partial charge in [-0.1, -0.05) is 0 Å². The van der Waals surface area contributed by atoms with E-state index in [-0.39, 0.29) is 0 Å². The van der Waals surface area contributed by atoms with E-state index in [1.165, 1.54) is 0 Å². The average Bonchev–Trinajstić information content (AvgIpc) is 2.18. The van der Waals surface area contributed by atoms with Gasteiger partial charge in [0.15, 0.2) is 50.3 Å². The Labute approximate surface area is 496 Å². The van der Waals surface area contributed by atoms with Crippen molar-refractivity contribution < 1.29 is 198 Å². The maximum atomic E-state index is 11.8. The van der Waals surface area contributed by atoms with Crippen LogP contribution < -0.4 is 0 Å². The monoisotopic (exact) mass is 1300 g/mol. The van der Waals surface area contributed by atoms with E-state index in [0.29, 0.717) is 0 Å². The summed E-state index contributed by atoms with van der Waals surface area (Å²) in [5, 5.41) is 265. The van der Waals surface area contributed by atoms with Crippen LogP contribution >= 0.6 is 0 Å². The van der Waals surface area contributed by atoms with Gasteiger partial charge in [-0.2, -0.15) is 0 Å². The van der Waals surface area contributed by atoms with Crippen molar-refractivity contribution >= 4 is 0 Å². The van der Waals surface area contributed by atoms with Gasteiger partial charge in [-0.05, 0) is 0 Å². The SMILES string of the molecule is OC[C@H]1OC(OC[C@H]2O[C@@H]3O[C@H]4[C@H](O)[C@@H](O)[C@@H](O[C@H]5[C@H](O)[C@@H](O)[C@@H](O[C@H]6[C@H](O)[C@@H](O)[C@@H](O[C@H]7[C@H](O)[C@@H](O)[C@@H](O[C@H]8[C@H](O)[C@@H](O)[C@@H](O[C@H]9[C@H](O)[C@@H](O)[C@@H](O[C@H]2[C@H](O)[C@H]3O)O[C@@H]9CO)O[C@@H]8CO)O[C@@H]7CO)O[C@@H]6CO)O[C@@H]5CO)O[C@@H]4CO)[C@H](O)[C@@H](O)[C@@H]1O. The summed E-state index contributed by atoms with van der Waals surface area (Å²) >= 11 is 0. The summed E-state index contributed by atoms with van der Waals surface area (Å²) in [5.74, 6) is 0. The van der Waals surface area contributed by atoms with Gasteiger partial charge in [0, 0.05) is 0 Å². The highest BCUT2D eigenvalue weighted by Gasteiger charge is 2.60. The zero-order valence-electron chi connectivity index (χ0n) is 46.0. The van der Waals surface area contributed by atoms with Crippen LogP contribution in [0.1, 0.15) is 0 Å². The fourth-order valence-electron chi connectivity index (χ4n) is 11.8. The summed E-state index contributed by atoms with van der Waals surface area (Å²) in [4.78, 5) is 0. The minimum atomic E-state index is -2.35. The molecule has 0 spiro atoms. The van der Waals surface area contributed by atoms with E-state index < -0.39 is 299 Å². The summed E-state index contributed by atoms with van der Waals surface area (Å²) in [7, 11) is 0. The molecule has 0 aliphatic carbocycles. The molecule has 14 bridgehead atoms. The first-order valence-corrected chi connectivity index (χ1v) is 28.1. The summed E-state index contributed by atoms with van der Waals surface area (Å²) in [5.41, 5.74) is 0. The Morgan fingerprint density at radius 1 is 0.182 bits per heavy atom. The van der Waals surface area contributed by atoms with E-state index in [1.54, 1.807) is 0 Å². The number of aliphatic hydroxyl groups excluding tert-OH is 24. The summed E-state index contributed by atoms with van der Waals surface area (Å²) in [6, 6.07) is 0. The third-order valence-corrected chi connectivity index (χ3v) is 16.9. The molecule has 40 atom stereocenters. The zero-order chi connectivity index (χ0) is 64.1. The van der Waals surface area contributed by atoms with Crippen LogP contribution in [-0.2, 0) is 75.8 Å². The Hall–Kier alpha value is -1.60. The van der Waals surface area contributed by atoms with Crippen LogP contribution in [0.15, 0.2) is 0 Å². The van der Waals surface area contributed by atoms with Crippen molar-refractivity contribution in [3.8, 4) is 0 Å². The molecule has 512 valence electrons. The number of hydrogen-bond acceptors (Lipinski definition) is 40. The third-order valence-electron chi connectivity index (χ3n) is 16.9. The first-order chi connectivity index (χ1) is 41.9. The van der Waals surface area contributed by atoms with E-state index in [9.17, 15) is 123 Å². The zero-order valence-corrected chi connectivity index (χ0v) is 46.0. The van der Waals surface area contributed by atoms with Crippen molar-refractivity contribution in [1.29, 1.82) is 0 Å². The lowest BCUT2D eigenvalue weighted by Gasteiger charge is -2.50. The van der Waals surface area contributed by atoms with Gasteiger partial charge in [-0.25, -0.2) is 0 Å². The lowest BCUT2D eigenvalue weighted by Crippen LogP contribution is -2.68. The quantitative estimate of drug-likeness (QED) is 0.0966. The highest BCUT2D eigenvalue weighted by atomic mass is 16.8. The van der Waals surface area contributed by atoms with Crippen LogP contribution in [0.3, 0.4) is 0 Å². The molecular formula is C48H80O40. The molecule has 24 N–H and O–H groups in total. The van der Waals surface area contributed by atoms with Gasteiger partial charge in [0.25, 0.3) is 0 Å². The molecule has 22 aliphatic rings. The molecular weight excluding hydrogens is 1220 g/mol. The Morgan fingerprint density at radius 2 is 0.375 bits per heavy atom. The predicted molar refractivity (Wildman–Crippen MR) is 261 cm³/mol. The Balaban J connectivity index is 1.02. The molecule has 0 aromatic heterocycles. The number of hydrogen-bond donors (Lipinski definition) is 24. The summed E-state index contributed by atoms with van der Waals surface area (Å²) in [6.45, 7) is -8.51. The number of aliphatic hydroxyl groups is 24. The van der Waals surface area contributed by atoms with Crippen LogP contribution in [0.25, 0.3) is 0 Å². The molecule has 0 aromatic rings.